The van der Waals surface area contributed by atoms with Crippen LogP contribution in [0.4, 0.5) is 15.9 Å². The minimum absolute atomic E-state index is 0.103. The van der Waals surface area contributed by atoms with Gasteiger partial charge in [-0.05, 0) is 12.1 Å². The van der Waals surface area contributed by atoms with E-state index in [1.165, 1.54) is 12.4 Å². The van der Waals surface area contributed by atoms with Crippen molar-refractivity contribution >= 4 is 17.2 Å². The summed E-state index contributed by atoms with van der Waals surface area (Å²) in [6.45, 7) is 2.82. The van der Waals surface area contributed by atoms with Crippen LogP contribution in [-0.2, 0) is 0 Å². The van der Waals surface area contributed by atoms with Crippen molar-refractivity contribution in [2.45, 2.75) is 0 Å². The number of nitriles is 1. The lowest BCUT2D eigenvalue weighted by atomic mass is 10.1. The third-order valence-corrected chi connectivity index (χ3v) is 4.22. The van der Waals surface area contributed by atoms with Crippen molar-refractivity contribution in [1.82, 2.24) is 19.6 Å². The number of piperazine rings is 1. The predicted molar refractivity (Wildman–Crippen MR) is 86.3 cm³/mol. The quantitative estimate of drug-likeness (QED) is 0.711. The number of hydrogen-bond donors (Lipinski definition) is 0. The molecule has 2 aromatic heterocycles. The normalized spacial score (nSPS) is 14.8. The smallest absolute Gasteiger partial charge is 0.175 e. The van der Waals surface area contributed by atoms with Crippen LogP contribution < -0.4 is 9.80 Å². The molecule has 0 atom stereocenters. The molecular formula is C16H14FN7. The lowest BCUT2D eigenvalue weighted by Crippen LogP contribution is -2.47. The highest BCUT2D eigenvalue weighted by molar-refractivity contribution is 5.61. The molecule has 1 aliphatic rings. The van der Waals surface area contributed by atoms with E-state index < -0.39 is 5.82 Å². The van der Waals surface area contributed by atoms with Crippen LogP contribution in [-0.4, -0.2) is 45.8 Å². The van der Waals surface area contributed by atoms with Crippen molar-refractivity contribution < 1.29 is 4.39 Å². The van der Waals surface area contributed by atoms with Gasteiger partial charge in [0.05, 0.1) is 18.1 Å². The fourth-order valence-electron chi connectivity index (χ4n) is 3.02. The Morgan fingerprint density at radius 2 is 1.88 bits per heavy atom. The van der Waals surface area contributed by atoms with E-state index in [2.05, 4.69) is 20.0 Å². The molecule has 3 heterocycles. The van der Waals surface area contributed by atoms with Gasteiger partial charge in [-0.15, -0.1) is 0 Å². The Labute approximate surface area is 137 Å². The van der Waals surface area contributed by atoms with Crippen molar-refractivity contribution in [3.63, 3.8) is 0 Å². The van der Waals surface area contributed by atoms with Gasteiger partial charge < -0.3 is 9.80 Å². The molecule has 8 heteroatoms. The van der Waals surface area contributed by atoms with Gasteiger partial charge in [-0.25, -0.2) is 9.37 Å². The van der Waals surface area contributed by atoms with E-state index in [1.54, 1.807) is 29.0 Å². The van der Waals surface area contributed by atoms with Crippen LogP contribution >= 0.6 is 0 Å². The van der Waals surface area contributed by atoms with E-state index in [-0.39, 0.29) is 5.56 Å². The van der Waals surface area contributed by atoms with Gasteiger partial charge in [0.2, 0.25) is 0 Å². The summed E-state index contributed by atoms with van der Waals surface area (Å²) in [6, 6.07) is 6.70. The molecule has 4 rings (SSSR count). The Hall–Kier alpha value is -3.21. The molecule has 0 amide bonds. The third kappa shape index (κ3) is 2.31. The second-order valence-electron chi connectivity index (χ2n) is 5.52. The van der Waals surface area contributed by atoms with E-state index in [0.29, 0.717) is 24.4 Å². The fourth-order valence-corrected chi connectivity index (χ4v) is 3.02. The van der Waals surface area contributed by atoms with Gasteiger partial charge in [0.15, 0.2) is 11.5 Å². The maximum atomic E-state index is 13.8. The number of halogens is 1. The fraction of sp³-hybridized carbons (Fsp3) is 0.250. The van der Waals surface area contributed by atoms with Crippen LogP contribution in [0.5, 0.6) is 0 Å². The number of anilines is 2. The van der Waals surface area contributed by atoms with Crippen LogP contribution in [0.3, 0.4) is 0 Å². The van der Waals surface area contributed by atoms with Crippen LogP contribution in [0, 0.1) is 17.1 Å². The van der Waals surface area contributed by atoms with Gasteiger partial charge in [0.25, 0.3) is 0 Å². The summed E-state index contributed by atoms with van der Waals surface area (Å²) in [5.74, 6) is 0.401. The molecule has 0 spiro atoms. The molecule has 120 valence electrons. The lowest BCUT2D eigenvalue weighted by Gasteiger charge is -2.37. The number of hydrogen-bond acceptors (Lipinski definition) is 6. The summed E-state index contributed by atoms with van der Waals surface area (Å²) in [6.07, 6.45) is 4.93. The summed E-state index contributed by atoms with van der Waals surface area (Å²) < 4.78 is 15.6. The SMILES string of the molecule is N#Cc1c(F)cccc1N1CCN(c2cncc3ncnn23)CC1. The molecule has 7 nitrogen and oxygen atoms in total. The van der Waals surface area contributed by atoms with Gasteiger partial charge in [0, 0.05) is 26.2 Å². The molecule has 24 heavy (non-hydrogen) atoms. The minimum Gasteiger partial charge on any atom is -0.367 e. The average molecular weight is 323 g/mol. The van der Waals surface area contributed by atoms with Gasteiger partial charge in [-0.1, -0.05) is 6.07 Å². The van der Waals surface area contributed by atoms with Gasteiger partial charge in [-0.3, -0.25) is 4.98 Å². The molecule has 0 unspecified atom stereocenters. The molecule has 1 saturated heterocycles. The molecular weight excluding hydrogens is 309 g/mol. The van der Waals surface area contributed by atoms with E-state index in [9.17, 15) is 9.65 Å². The molecule has 1 aliphatic heterocycles. The van der Waals surface area contributed by atoms with Crippen molar-refractivity contribution in [2.75, 3.05) is 36.0 Å². The molecule has 0 radical (unpaired) electrons. The van der Waals surface area contributed by atoms with Crippen LogP contribution in [0.25, 0.3) is 5.65 Å². The molecule has 0 aliphatic carbocycles. The second kappa shape index (κ2) is 5.77. The van der Waals surface area contributed by atoms with Crippen LogP contribution in [0.2, 0.25) is 0 Å². The Morgan fingerprint density at radius 1 is 1.08 bits per heavy atom. The monoisotopic (exact) mass is 323 g/mol. The average Bonchev–Trinajstić information content (AvgIpc) is 3.10. The zero-order chi connectivity index (χ0) is 16.5. The largest absolute Gasteiger partial charge is 0.367 e. The first-order valence-electron chi connectivity index (χ1n) is 7.60. The molecule has 0 bridgehead atoms. The Bertz CT molecular complexity index is 922. The predicted octanol–water partition coefficient (Wildman–Crippen LogP) is 1.46. The van der Waals surface area contributed by atoms with Crippen molar-refractivity contribution in [2.24, 2.45) is 0 Å². The highest BCUT2D eigenvalue weighted by atomic mass is 19.1. The van der Waals surface area contributed by atoms with Crippen LogP contribution in [0.15, 0.2) is 36.9 Å². The number of nitrogens with zero attached hydrogens (tertiary/aromatic N) is 7. The van der Waals surface area contributed by atoms with E-state index in [1.807, 2.05) is 11.0 Å². The summed E-state index contributed by atoms with van der Waals surface area (Å²) in [4.78, 5) is 12.5. The van der Waals surface area contributed by atoms with Crippen molar-refractivity contribution in [1.29, 1.82) is 5.26 Å². The number of aromatic nitrogens is 4. The molecule has 1 aromatic carbocycles. The van der Waals surface area contributed by atoms with Gasteiger partial charge >= 0.3 is 0 Å². The summed E-state index contributed by atoms with van der Waals surface area (Å²) in [5, 5.41) is 13.4. The van der Waals surface area contributed by atoms with Crippen molar-refractivity contribution in [3.8, 4) is 6.07 Å². The second-order valence-corrected chi connectivity index (χ2v) is 5.52. The minimum atomic E-state index is -0.478. The van der Waals surface area contributed by atoms with Gasteiger partial charge in [-0.2, -0.15) is 14.9 Å². The molecule has 0 saturated carbocycles. The maximum absolute atomic E-state index is 13.8. The number of rotatable bonds is 2. The topological polar surface area (TPSA) is 73.3 Å². The zero-order valence-corrected chi connectivity index (χ0v) is 12.8. The number of fused-ring (bicyclic) bond motifs is 1. The Morgan fingerprint density at radius 3 is 2.67 bits per heavy atom. The maximum Gasteiger partial charge on any atom is 0.175 e. The van der Waals surface area contributed by atoms with Crippen molar-refractivity contribution in [3.05, 3.63) is 48.3 Å². The lowest BCUT2D eigenvalue weighted by molar-refractivity contribution is 0.613. The molecule has 0 N–H and O–H groups in total. The van der Waals surface area contributed by atoms with Gasteiger partial charge in [0.1, 0.15) is 23.8 Å². The third-order valence-electron chi connectivity index (χ3n) is 4.22. The molecule has 1 fully saturated rings. The zero-order valence-electron chi connectivity index (χ0n) is 12.8. The first kappa shape index (κ1) is 14.4. The Kier molecular flexibility index (Phi) is 3.46. The van der Waals surface area contributed by atoms with Crippen LogP contribution in [0.1, 0.15) is 5.56 Å². The highest BCUT2D eigenvalue weighted by Crippen LogP contribution is 2.25. The number of benzene rings is 1. The highest BCUT2D eigenvalue weighted by Gasteiger charge is 2.22. The van der Waals surface area contributed by atoms with E-state index in [4.69, 9.17) is 0 Å². The first-order chi connectivity index (χ1) is 11.8. The first-order valence-corrected chi connectivity index (χ1v) is 7.60. The standard InChI is InChI=1S/C16H14FN7/c17-13-2-1-3-14(12(13)8-18)22-4-6-23(7-5-22)16-10-19-9-15-20-11-21-24(15)16/h1-3,9-11H,4-7H2. The molecule has 3 aromatic rings. The van der Waals surface area contributed by atoms with E-state index in [0.717, 1.165) is 18.9 Å². The Balaban J connectivity index is 1.57. The summed E-state index contributed by atoms with van der Waals surface area (Å²) in [7, 11) is 0. The summed E-state index contributed by atoms with van der Waals surface area (Å²) >= 11 is 0. The summed E-state index contributed by atoms with van der Waals surface area (Å²) in [5.41, 5.74) is 1.45. The van der Waals surface area contributed by atoms with E-state index >= 15 is 0 Å².